The zero-order valence-corrected chi connectivity index (χ0v) is 14.8. The van der Waals surface area contributed by atoms with Crippen LogP contribution in [0, 0.1) is 5.92 Å². The van der Waals surface area contributed by atoms with Crippen molar-refractivity contribution in [3.8, 4) is 0 Å². The second-order valence-electron chi connectivity index (χ2n) is 6.18. The number of thiophene rings is 1. The average Bonchev–Trinajstić information content (AvgIpc) is 3.04. The van der Waals surface area contributed by atoms with Gasteiger partial charge in [-0.1, -0.05) is 37.3 Å². The molecule has 0 aliphatic carbocycles. The fraction of sp³-hybridized carbons (Fsp3) is 0.316. The molecule has 0 bridgehead atoms. The molecule has 6 heteroatoms. The molecule has 1 aliphatic rings. The van der Waals surface area contributed by atoms with Gasteiger partial charge in [-0.05, 0) is 18.1 Å². The maximum absolute atomic E-state index is 12.2. The van der Waals surface area contributed by atoms with E-state index in [0.29, 0.717) is 19.7 Å². The number of hydrogen-bond donors (Lipinski definition) is 0. The first-order chi connectivity index (χ1) is 12.2. The lowest BCUT2D eigenvalue weighted by Gasteiger charge is -2.38. The average molecular weight is 353 g/mol. The van der Waals surface area contributed by atoms with Gasteiger partial charge in [-0.2, -0.15) is 0 Å². The molecule has 0 saturated carbocycles. The number of nitrogens with zero attached hydrogens (tertiary/aromatic N) is 3. The van der Waals surface area contributed by atoms with Crippen LogP contribution in [0.5, 0.6) is 0 Å². The van der Waals surface area contributed by atoms with Crippen LogP contribution >= 0.6 is 11.3 Å². The Morgan fingerprint density at radius 2 is 2.08 bits per heavy atom. The summed E-state index contributed by atoms with van der Waals surface area (Å²) in [7, 11) is 0. The van der Waals surface area contributed by atoms with Gasteiger partial charge in [-0.15, -0.1) is 11.3 Å². The van der Waals surface area contributed by atoms with E-state index in [9.17, 15) is 4.79 Å². The summed E-state index contributed by atoms with van der Waals surface area (Å²) in [5, 5.41) is 1.08. The quantitative estimate of drug-likeness (QED) is 0.658. The van der Waals surface area contributed by atoms with Crippen LogP contribution in [0.1, 0.15) is 17.4 Å². The lowest BCUT2D eigenvalue weighted by atomic mass is 10.00. The second-order valence-corrected chi connectivity index (χ2v) is 7.29. The standard InChI is InChI=1S/C19H19N3O2S/c1-2-15-8-16-17(20-12-21-18(16)25-15)22-9-14(10-22)19(23)24-11-13-6-4-3-5-7-13/h3-8,12,14H,2,9-11H2,1H3. The molecule has 1 aromatic carbocycles. The third-order valence-electron chi connectivity index (χ3n) is 4.45. The van der Waals surface area contributed by atoms with Crippen molar-refractivity contribution in [1.82, 2.24) is 9.97 Å². The van der Waals surface area contributed by atoms with Crippen molar-refractivity contribution in [3.05, 3.63) is 53.2 Å². The van der Waals surface area contributed by atoms with Crippen molar-refractivity contribution in [2.75, 3.05) is 18.0 Å². The molecule has 1 aliphatic heterocycles. The Bertz CT molecular complexity index is 888. The maximum Gasteiger partial charge on any atom is 0.312 e. The predicted octanol–water partition coefficient (Wildman–Crippen LogP) is 3.43. The minimum atomic E-state index is -0.134. The van der Waals surface area contributed by atoms with Crippen molar-refractivity contribution >= 4 is 33.3 Å². The molecule has 0 amide bonds. The summed E-state index contributed by atoms with van der Waals surface area (Å²) in [5.74, 6) is 0.705. The van der Waals surface area contributed by atoms with Gasteiger partial charge in [0.05, 0.1) is 11.3 Å². The number of aryl methyl sites for hydroxylation is 1. The summed E-state index contributed by atoms with van der Waals surface area (Å²) in [6.45, 7) is 3.77. The number of hydrogen-bond acceptors (Lipinski definition) is 6. The molecule has 0 radical (unpaired) electrons. The molecule has 2 aromatic heterocycles. The molecule has 1 saturated heterocycles. The summed E-state index contributed by atoms with van der Waals surface area (Å²) in [4.78, 5) is 25.4. The van der Waals surface area contributed by atoms with Gasteiger partial charge < -0.3 is 9.64 Å². The summed E-state index contributed by atoms with van der Waals surface area (Å²) in [5.41, 5.74) is 1.01. The molecule has 5 nitrogen and oxygen atoms in total. The Hall–Kier alpha value is -2.47. The first kappa shape index (κ1) is 16.0. The summed E-state index contributed by atoms with van der Waals surface area (Å²) < 4.78 is 5.43. The monoisotopic (exact) mass is 353 g/mol. The molecule has 25 heavy (non-hydrogen) atoms. The molecule has 0 unspecified atom stereocenters. The fourth-order valence-electron chi connectivity index (χ4n) is 2.97. The second kappa shape index (κ2) is 6.80. The highest BCUT2D eigenvalue weighted by molar-refractivity contribution is 7.18. The van der Waals surface area contributed by atoms with Gasteiger partial charge in [-0.25, -0.2) is 9.97 Å². The first-order valence-corrected chi connectivity index (χ1v) is 9.25. The highest BCUT2D eigenvalue weighted by atomic mass is 32.1. The maximum atomic E-state index is 12.2. The normalized spacial score (nSPS) is 14.5. The van der Waals surface area contributed by atoms with Crippen LogP contribution in [0.4, 0.5) is 5.82 Å². The van der Waals surface area contributed by atoms with Crippen molar-refractivity contribution in [2.24, 2.45) is 5.92 Å². The highest BCUT2D eigenvalue weighted by Crippen LogP contribution is 2.33. The smallest absolute Gasteiger partial charge is 0.312 e. The van der Waals surface area contributed by atoms with Crippen LogP contribution in [0.3, 0.4) is 0 Å². The van der Waals surface area contributed by atoms with E-state index < -0.39 is 0 Å². The van der Waals surface area contributed by atoms with Crippen LogP contribution in [0.25, 0.3) is 10.2 Å². The zero-order valence-electron chi connectivity index (χ0n) is 14.0. The SMILES string of the molecule is CCc1cc2c(N3CC(C(=O)OCc4ccccc4)C3)ncnc2s1. The molecular formula is C19H19N3O2S. The fourth-order valence-corrected chi connectivity index (χ4v) is 3.90. The van der Waals surface area contributed by atoms with Crippen LogP contribution in [0.15, 0.2) is 42.7 Å². The zero-order chi connectivity index (χ0) is 17.2. The Morgan fingerprint density at radius 1 is 1.28 bits per heavy atom. The number of carbonyl (C=O) groups is 1. The van der Waals surface area contributed by atoms with Gasteiger partial charge in [0.15, 0.2) is 0 Å². The number of rotatable bonds is 5. The largest absolute Gasteiger partial charge is 0.460 e. The van der Waals surface area contributed by atoms with E-state index in [2.05, 4.69) is 27.9 Å². The van der Waals surface area contributed by atoms with E-state index in [1.165, 1.54) is 4.88 Å². The number of carbonyl (C=O) groups excluding carboxylic acids is 1. The molecule has 4 rings (SSSR count). The molecule has 0 N–H and O–H groups in total. The summed E-state index contributed by atoms with van der Waals surface area (Å²) >= 11 is 1.71. The molecule has 0 atom stereocenters. The van der Waals surface area contributed by atoms with Crippen molar-refractivity contribution in [3.63, 3.8) is 0 Å². The lowest BCUT2D eigenvalue weighted by molar-refractivity contribution is -0.150. The van der Waals surface area contributed by atoms with Gasteiger partial charge in [0, 0.05) is 18.0 Å². The van der Waals surface area contributed by atoms with E-state index in [1.54, 1.807) is 17.7 Å². The Kier molecular flexibility index (Phi) is 4.36. The number of anilines is 1. The van der Waals surface area contributed by atoms with Crippen LogP contribution < -0.4 is 4.90 Å². The molecule has 128 valence electrons. The number of esters is 1. The summed E-state index contributed by atoms with van der Waals surface area (Å²) in [6.07, 6.45) is 2.60. The molecule has 0 spiro atoms. The van der Waals surface area contributed by atoms with E-state index in [0.717, 1.165) is 28.0 Å². The third-order valence-corrected chi connectivity index (χ3v) is 5.63. The summed E-state index contributed by atoms with van der Waals surface area (Å²) in [6, 6.07) is 11.9. The Balaban J connectivity index is 1.38. The third kappa shape index (κ3) is 3.22. The molecule has 1 fully saturated rings. The van der Waals surface area contributed by atoms with Crippen molar-refractivity contribution in [1.29, 1.82) is 0 Å². The van der Waals surface area contributed by atoms with Crippen LogP contribution in [-0.2, 0) is 22.6 Å². The van der Waals surface area contributed by atoms with Gasteiger partial charge in [-0.3, -0.25) is 4.79 Å². The van der Waals surface area contributed by atoms with E-state index in [1.807, 2.05) is 30.3 Å². The number of benzene rings is 1. The van der Waals surface area contributed by atoms with Gasteiger partial charge in [0.2, 0.25) is 0 Å². The van der Waals surface area contributed by atoms with Crippen LogP contribution in [0.2, 0.25) is 0 Å². The van der Waals surface area contributed by atoms with E-state index in [-0.39, 0.29) is 11.9 Å². The van der Waals surface area contributed by atoms with Crippen LogP contribution in [-0.4, -0.2) is 29.0 Å². The van der Waals surface area contributed by atoms with Gasteiger partial charge in [0.25, 0.3) is 0 Å². The molecule has 3 heterocycles. The highest BCUT2D eigenvalue weighted by Gasteiger charge is 2.35. The molecular weight excluding hydrogens is 334 g/mol. The number of fused-ring (bicyclic) bond motifs is 1. The Labute approximate surface area is 150 Å². The van der Waals surface area contributed by atoms with Gasteiger partial charge >= 0.3 is 5.97 Å². The predicted molar refractivity (Wildman–Crippen MR) is 98.7 cm³/mol. The number of aromatic nitrogens is 2. The van der Waals surface area contributed by atoms with Crippen molar-refractivity contribution in [2.45, 2.75) is 20.0 Å². The topological polar surface area (TPSA) is 55.3 Å². The molecule has 3 aromatic rings. The van der Waals surface area contributed by atoms with Gasteiger partial charge in [0.1, 0.15) is 23.6 Å². The minimum Gasteiger partial charge on any atom is -0.460 e. The minimum absolute atomic E-state index is 0.0852. The lowest BCUT2D eigenvalue weighted by Crippen LogP contribution is -2.51. The van der Waals surface area contributed by atoms with E-state index in [4.69, 9.17) is 4.74 Å². The first-order valence-electron chi connectivity index (χ1n) is 8.43. The van der Waals surface area contributed by atoms with E-state index >= 15 is 0 Å². The number of ether oxygens (including phenoxy) is 1. The Morgan fingerprint density at radius 3 is 2.84 bits per heavy atom. The van der Waals surface area contributed by atoms with Crippen molar-refractivity contribution < 1.29 is 9.53 Å².